The zero-order chi connectivity index (χ0) is 30.0. The van der Waals surface area contributed by atoms with E-state index in [4.69, 9.17) is 9.52 Å². The van der Waals surface area contributed by atoms with E-state index < -0.39 is 11.4 Å². The van der Waals surface area contributed by atoms with Gasteiger partial charge < -0.3 is 30.0 Å². The molecule has 8 nitrogen and oxygen atoms in total. The second-order valence-corrected chi connectivity index (χ2v) is 13.0. The Kier molecular flexibility index (Phi) is 11.6. The highest BCUT2D eigenvalue weighted by Gasteiger charge is 2.38. The third-order valence-electron chi connectivity index (χ3n) is 9.99. The van der Waals surface area contributed by atoms with E-state index in [1.807, 2.05) is 36.1 Å². The quantitative estimate of drug-likeness (QED) is 0.200. The Morgan fingerprint density at radius 2 is 1.79 bits per heavy atom. The van der Waals surface area contributed by atoms with E-state index in [0.717, 1.165) is 62.7 Å². The first kappa shape index (κ1) is 32.2. The molecule has 0 radical (unpaired) electrons. The van der Waals surface area contributed by atoms with E-state index in [9.17, 15) is 19.8 Å². The highest BCUT2D eigenvalue weighted by molar-refractivity contribution is 6.04. The van der Waals surface area contributed by atoms with Crippen molar-refractivity contribution in [3.8, 4) is 0 Å². The van der Waals surface area contributed by atoms with Crippen LogP contribution < -0.4 is 10.2 Å². The first-order valence-corrected chi connectivity index (χ1v) is 15.9. The predicted octanol–water partition coefficient (Wildman–Crippen LogP) is 6.09. The summed E-state index contributed by atoms with van der Waals surface area (Å²) in [7, 11) is 0. The summed E-state index contributed by atoms with van der Waals surface area (Å²) in [4.78, 5) is 26.6. The summed E-state index contributed by atoms with van der Waals surface area (Å²) in [6.45, 7) is 2.65. The third-order valence-corrected chi connectivity index (χ3v) is 9.99. The normalized spacial score (nSPS) is 20.7. The maximum atomic E-state index is 13.6. The van der Waals surface area contributed by atoms with Gasteiger partial charge in [0, 0.05) is 29.6 Å². The zero-order valence-corrected chi connectivity index (χ0v) is 25.2. The van der Waals surface area contributed by atoms with Crippen LogP contribution in [-0.4, -0.2) is 59.0 Å². The second kappa shape index (κ2) is 15.2. The number of anilines is 1. The molecule has 1 saturated carbocycles. The van der Waals surface area contributed by atoms with Gasteiger partial charge in [0.2, 0.25) is 0 Å². The molecule has 232 valence electrons. The predicted molar refractivity (Wildman–Crippen MR) is 164 cm³/mol. The van der Waals surface area contributed by atoms with Crippen LogP contribution in [0.15, 0.2) is 47.1 Å². The molecule has 4 N–H and O–H groups in total. The van der Waals surface area contributed by atoms with Crippen LogP contribution in [0.25, 0.3) is 0 Å². The van der Waals surface area contributed by atoms with Crippen LogP contribution in [0, 0.1) is 17.8 Å². The lowest BCUT2D eigenvalue weighted by atomic mass is 9.65. The summed E-state index contributed by atoms with van der Waals surface area (Å²) < 4.78 is 5.52. The molecule has 1 aliphatic heterocycles. The van der Waals surface area contributed by atoms with Gasteiger partial charge in [0.25, 0.3) is 5.91 Å². The number of carbonyl (C=O) groups is 2. The molecule has 2 unspecified atom stereocenters. The minimum Gasteiger partial charge on any atom is -0.481 e. The van der Waals surface area contributed by atoms with Gasteiger partial charge >= 0.3 is 5.97 Å². The smallest absolute Gasteiger partial charge is 0.303 e. The number of aliphatic hydroxyl groups excluding tert-OH is 2. The third kappa shape index (κ3) is 8.45. The molecule has 1 amide bonds. The van der Waals surface area contributed by atoms with Crippen molar-refractivity contribution >= 4 is 17.6 Å². The Balaban J connectivity index is 1.43. The molecular formula is C34H50N2O6. The molecule has 2 heterocycles. The Morgan fingerprint density at radius 1 is 1.05 bits per heavy atom. The van der Waals surface area contributed by atoms with Crippen molar-refractivity contribution in [1.29, 1.82) is 0 Å². The zero-order valence-electron chi connectivity index (χ0n) is 25.2. The number of carboxylic acids is 1. The Morgan fingerprint density at radius 3 is 2.43 bits per heavy atom. The fourth-order valence-corrected chi connectivity index (χ4v) is 7.20. The molecule has 1 saturated heterocycles. The monoisotopic (exact) mass is 582 g/mol. The first-order valence-electron chi connectivity index (χ1n) is 15.9. The number of carboxylic acid groups (broad SMARTS) is 1. The fraction of sp³-hybridized carbons (Fsp3) is 0.647. The largest absolute Gasteiger partial charge is 0.481 e. The van der Waals surface area contributed by atoms with E-state index in [1.165, 1.54) is 19.3 Å². The molecule has 0 spiro atoms. The molecule has 2 aromatic rings. The van der Waals surface area contributed by atoms with Gasteiger partial charge in [-0.1, -0.05) is 37.0 Å². The van der Waals surface area contributed by atoms with Crippen molar-refractivity contribution in [3.63, 3.8) is 0 Å². The number of amides is 1. The number of aryl methyl sites for hydroxylation is 1. The van der Waals surface area contributed by atoms with Crippen LogP contribution in [0.2, 0.25) is 0 Å². The van der Waals surface area contributed by atoms with Gasteiger partial charge in [-0.3, -0.25) is 9.59 Å². The number of hydrogen-bond acceptors (Lipinski definition) is 6. The van der Waals surface area contributed by atoms with Crippen molar-refractivity contribution in [3.05, 3.63) is 54.0 Å². The minimum absolute atomic E-state index is 0.0590. The summed E-state index contributed by atoms with van der Waals surface area (Å²) in [5, 5.41) is 33.3. The number of aliphatic carboxylic acids is 1. The number of nitrogens with one attached hydrogen (secondary N) is 1. The number of carbonyl (C=O) groups excluding carboxylic acids is 1. The van der Waals surface area contributed by atoms with Crippen LogP contribution in [0.4, 0.5) is 5.69 Å². The van der Waals surface area contributed by atoms with Crippen LogP contribution in [0.5, 0.6) is 0 Å². The average Bonchev–Trinajstić information content (AvgIpc) is 3.55. The van der Waals surface area contributed by atoms with Crippen LogP contribution in [0.1, 0.15) is 106 Å². The summed E-state index contributed by atoms with van der Waals surface area (Å²) >= 11 is 0. The van der Waals surface area contributed by atoms with Gasteiger partial charge in [-0.15, -0.1) is 0 Å². The summed E-state index contributed by atoms with van der Waals surface area (Å²) in [5.41, 5.74) is 1.58. The Hall–Kier alpha value is -2.68. The highest BCUT2D eigenvalue weighted by Crippen LogP contribution is 2.47. The van der Waals surface area contributed by atoms with Crippen LogP contribution >= 0.6 is 0 Å². The van der Waals surface area contributed by atoms with Crippen molar-refractivity contribution in [2.24, 2.45) is 10.8 Å². The average molecular weight is 583 g/mol. The number of rotatable bonds is 15. The second-order valence-electron chi connectivity index (χ2n) is 13.0. The van der Waals surface area contributed by atoms with Crippen LogP contribution in [-0.2, 0) is 4.79 Å². The van der Waals surface area contributed by atoms with E-state index in [2.05, 4.69) is 5.32 Å². The lowest BCUT2D eigenvalue weighted by molar-refractivity contribution is -0.137. The number of aliphatic hydroxyl groups is 2. The van der Waals surface area contributed by atoms with E-state index in [-0.39, 0.29) is 43.0 Å². The van der Waals surface area contributed by atoms with Crippen molar-refractivity contribution < 1.29 is 29.3 Å². The topological polar surface area (TPSA) is 123 Å². The molecule has 1 aliphatic carbocycles. The van der Waals surface area contributed by atoms with E-state index in [0.29, 0.717) is 25.0 Å². The van der Waals surface area contributed by atoms with Gasteiger partial charge in [-0.25, -0.2) is 0 Å². The number of furan rings is 1. The highest BCUT2D eigenvalue weighted by atomic mass is 16.4. The molecule has 1 aromatic carbocycles. The molecule has 2 atom stereocenters. The molecule has 4 rings (SSSR count). The Bertz CT molecular complexity index is 1110. The van der Waals surface area contributed by atoms with E-state index in [1.54, 1.807) is 18.4 Å². The van der Waals surface area contributed by atoms with Crippen molar-refractivity contribution in [1.82, 2.24) is 5.32 Å². The number of benzene rings is 1. The summed E-state index contributed by atoms with van der Waals surface area (Å²) in [6, 6.07) is 12.0. The number of piperidine rings is 1. The van der Waals surface area contributed by atoms with Crippen LogP contribution in [0.3, 0.4) is 0 Å². The van der Waals surface area contributed by atoms with Crippen molar-refractivity contribution in [2.45, 2.75) is 109 Å². The van der Waals surface area contributed by atoms with Gasteiger partial charge in [0.1, 0.15) is 0 Å². The van der Waals surface area contributed by atoms with E-state index >= 15 is 0 Å². The Labute approximate surface area is 250 Å². The summed E-state index contributed by atoms with van der Waals surface area (Å²) in [6.07, 6.45) is 14.0. The van der Waals surface area contributed by atoms with Gasteiger partial charge in [0.15, 0.2) is 5.76 Å². The summed E-state index contributed by atoms with van der Waals surface area (Å²) in [5.74, 6) is -0.592. The number of hydrogen-bond donors (Lipinski definition) is 4. The van der Waals surface area contributed by atoms with Gasteiger partial charge in [0.05, 0.1) is 19.5 Å². The lowest BCUT2D eigenvalue weighted by Crippen LogP contribution is -2.50. The lowest BCUT2D eigenvalue weighted by Gasteiger charge is -2.43. The first-order chi connectivity index (χ1) is 20.3. The standard InChI is InChI=1S/C34H50N2O6/c1-26-9-11-28(12-10-26)36(32(41)30-7-6-22-42-30)29-14-21-35-27(23-29)13-18-33(15-3-2-4-16-33)19-20-34(24-37,25-38)17-5-8-31(39)40/h6-7,9-12,22,27,29,35,37-38H,2-5,8,13-21,23-25H2,1H3,(H,39,40). The fourth-order valence-electron chi connectivity index (χ4n) is 7.20. The minimum atomic E-state index is -0.839. The number of nitrogens with zero attached hydrogens (tertiary/aromatic N) is 1. The molecule has 1 aromatic heterocycles. The maximum Gasteiger partial charge on any atom is 0.303 e. The molecular weight excluding hydrogens is 532 g/mol. The molecule has 0 bridgehead atoms. The van der Waals surface area contributed by atoms with Gasteiger partial charge in [-0.05, 0) is 107 Å². The molecule has 2 aliphatic rings. The molecule has 42 heavy (non-hydrogen) atoms. The SMILES string of the molecule is Cc1ccc(N(C(=O)c2ccco2)C2CCNC(CCC3(CCC(CO)(CO)CCCC(=O)O)CCCCC3)C2)cc1. The molecule has 2 fully saturated rings. The van der Waals surface area contributed by atoms with Crippen molar-refractivity contribution in [2.75, 3.05) is 24.7 Å². The maximum absolute atomic E-state index is 13.6. The molecule has 8 heteroatoms. The van der Waals surface area contributed by atoms with Gasteiger partial charge in [-0.2, -0.15) is 0 Å².